The zero-order valence-electron chi connectivity index (χ0n) is 13.5. The highest BCUT2D eigenvalue weighted by Crippen LogP contribution is 2.27. The number of hydrogen-bond donors (Lipinski definition) is 0. The van der Waals surface area contributed by atoms with E-state index in [1.165, 1.54) is 7.11 Å². The topological polar surface area (TPSA) is 59.1 Å². The highest BCUT2D eigenvalue weighted by atomic mass is 79.9. The molecule has 1 saturated heterocycles. The standard InChI is InChI=1S/C16H20BrClN2O4/c1-23-16(22)20-8-6-19(7-9-20)15(21)3-2-10-24-14-5-4-12(17)11-13(14)18/h4-5,11H,2-3,6-10H2,1H3. The zero-order valence-corrected chi connectivity index (χ0v) is 15.8. The number of benzene rings is 1. The highest BCUT2D eigenvalue weighted by molar-refractivity contribution is 9.10. The molecule has 0 aromatic heterocycles. The van der Waals surface area contributed by atoms with Crippen LogP contribution in [0.3, 0.4) is 0 Å². The van der Waals surface area contributed by atoms with Crippen molar-refractivity contribution in [1.29, 1.82) is 0 Å². The van der Waals surface area contributed by atoms with Gasteiger partial charge in [0, 0.05) is 37.1 Å². The average molecular weight is 420 g/mol. The van der Waals surface area contributed by atoms with Crippen LogP contribution in [0.1, 0.15) is 12.8 Å². The predicted octanol–water partition coefficient (Wildman–Crippen LogP) is 3.17. The number of methoxy groups -OCH3 is 1. The number of halogens is 2. The van der Waals surface area contributed by atoms with Crippen molar-refractivity contribution in [2.24, 2.45) is 0 Å². The molecule has 24 heavy (non-hydrogen) atoms. The monoisotopic (exact) mass is 418 g/mol. The summed E-state index contributed by atoms with van der Waals surface area (Å²) in [7, 11) is 1.36. The van der Waals surface area contributed by atoms with E-state index in [1.54, 1.807) is 21.9 Å². The van der Waals surface area contributed by atoms with Gasteiger partial charge in [0.2, 0.25) is 5.91 Å². The third-order valence-electron chi connectivity index (χ3n) is 3.75. The lowest BCUT2D eigenvalue weighted by Gasteiger charge is -2.33. The van der Waals surface area contributed by atoms with Crippen LogP contribution in [0.2, 0.25) is 5.02 Å². The quantitative estimate of drug-likeness (QED) is 0.688. The average Bonchev–Trinajstić information content (AvgIpc) is 2.59. The Balaban J connectivity index is 1.68. The molecular weight excluding hydrogens is 400 g/mol. The molecule has 0 spiro atoms. The summed E-state index contributed by atoms with van der Waals surface area (Å²) in [6, 6.07) is 5.41. The molecule has 1 aromatic rings. The summed E-state index contributed by atoms with van der Waals surface area (Å²) in [5.41, 5.74) is 0. The van der Waals surface area contributed by atoms with E-state index < -0.39 is 0 Å². The van der Waals surface area contributed by atoms with Crippen LogP contribution >= 0.6 is 27.5 Å². The predicted molar refractivity (Wildman–Crippen MR) is 94.4 cm³/mol. The van der Waals surface area contributed by atoms with Crippen molar-refractivity contribution in [3.8, 4) is 5.75 Å². The van der Waals surface area contributed by atoms with Gasteiger partial charge in [-0.2, -0.15) is 0 Å². The van der Waals surface area contributed by atoms with E-state index in [0.29, 0.717) is 56.4 Å². The third kappa shape index (κ3) is 5.27. The van der Waals surface area contributed by atoms with Crippen molar-refractivity contribution in [3.63, 3.8) is 0 Å². The SMILES string of the molecule is COC(=O)N1CCN(C(=O)CCCOc2ccc(Br)cc2Cl)CC1. The van der Waals surface area contributed by atoms with E-state index in [2.05, 4.69) is 20.7 Å². The molecular formula is C16H20BrClN2O4. The Labute approximate surface area is 154 Å². The van der Waals surface area contributed by atoms with Crippen molar-refractivity contribution in [3.05, 3.63) is 27.7 Å². The number of amides is 2. The zero-order chi connectivity index (χ0) is 17.5. The molecule has 132 valence electrons. The van der Waals surface area contributed by atoms with Crippen LogP contribution in [0, 0.1) is 0 Å². The van der Waals surface area contributed by atoms with E-state index in [0.717, 1.165) is 4.47 Å². The number of ether oxygens (including phenoxy) is 2. The first-order valence-corrected chi connectivity index (χ1v) is 8.87. The fourth-order valence-electron chi connectivity index (χ4n) is 2.42. The summed E-state index contributed by atoms with van der Waals surface area (Å²) in [6.07, 6.45) is 0.677. The number of hydrogen-bond acceptors (Lipinski definition) is 4. The lowest BCUT2D eigenvalue weighted by Crippen LogP contribution is -2.50. The maximum absolute atomic E-state index is 12.2. The van der Waals surface area contributed by atoms with E-state index in [9.17, 15) is 9.59 Å². The second kappa shape index (κ2) is 9.13. The Kier molecular flexibility index (Phi) is 7.17. The number of nitrogens with zero attached hydrogens (tertiary/aromatic N) is 2. The molecule has 0 saturated carbocycles. The summed E-state index contributed by atoms with van der Waals surface area (Å²) in [6.45, 7) is 2.50. The Bertz CT molecular complexity index is 591. The number of rotatable bonds is 5. The van der Waals surface area contributed by atoms with Gasteiger partial charge in [0.15, 0.2) is 0 Å². The first-order chi connectivity index (χ1) is 11.5. The molecule has 0 radical (unpaired) electrons. The van der Waals surface area contributed by atoms with Gasteiger partial charge >= 0.3 is 6.09 Å². The Morgan fingerprint density at radius 3 is 2.50 bits per heavy atom. The van der Waals surface area contributed by atoms with Crippen LogP contribution in [0.15, 0.2) is 22.7 Å². The van der Waals surface area contributed by atoms with Crippen LogP contribution < -0.4 is 4.74 Å². The smallest absolute Gasteiger partial charge is 0.409 e. The fourth-order valence-corrected chi connectivity index (χ4v) is 3.15. The summed E-state index contributed by atoms with van der Waals surface area (Å²) in [4.78, 5) is 26.9. The molecule has 8 heteroatoms. The van der Waals surface area contributed by atoms with E-state index >= 15 is 0 Å². The minimum atomic E-state index is -0.345. The second-order valence-electron chi connectivity index (χ2n) is 5.36. The van der Waals surface area contributed by atoms with Crippen LogP contribution in [0.4, 0.5) is 4.79 Å². The van der Waals surface area contributed by atoms with Crippen LogP contribution in [0.25, 0.3) is 0 Å². The van der Waals surface area contributed by atoms with E-state index in [4.69, 9.17) is 16.3 Å². The number of piperazine rings is 1. The molecule has 0 aliphatic carbocycles. The van der Waals surface area contributed by atoms with E-state index in [1.807, 2.05) is 6.07 Å². The summed E-state index contributed by atoms with van der Waals surface area (Å²) < 4.78 is 11.2. The van der Waals surface area contributed by atoms with Gasteiger partial charge in [-0.05, 0) is 24.6 Å². The molecule has 1 aliphatic rings. The van der Waals surface area contributed by atoms with Gasteiger partial charge in [0.1, 0.15) is 5.75 Å². The summed E-state index contributed by atoms with van der Waals surface area (Å²) in [5.74, 6) is 0.684. The molecule has 0 atom stereocenters. The van der Waals surface area contributed by atoms with Gasteiger partial charge in [-0.25, -0.2) is 4.79 Å². The molecule has 1 aliphatic heterocycles. The van der Waals surface area contributed by atoms with Crippen molar-refractivity contribution < 1.29 is 19.1 Å². The summed E-state index contributed by atoms with van der Waals surface area (Å²) >= 11 is 9.41. The van der Waals surface area contributed by atoms with Gasteiger partial charge in [-0.1, -0.05) is 27.5 Å². The molecule has 2 rings (SSSR count). The fraction of sp³-hybridized carbons (Fsp3) is 0.500. The van der Waals surface area contributed by atoms with Gasteiger partial charge < -0.3 is 19.3 Å². The van der Waals surface area contributed by atoms with Gasteiger partial charge in [-0.15, -0.1) is 0 Å². The van der Waals surface area contributed by atoms with Crippen molar-refractivity contribution in [2.45, 2.75) is 12.8 Å². The molecule has 2 amide bonds. The molecule has 1 fully saturated rings. The van der Waals surface area contributed by atoms with Crippen LogP contribution in [-0.4, -0.2) is 61.7 Å². The molecule has 6 nitrogen and oxygen atoms in total. The Morgan fingerprint density at radius 2 is 1.88 bits per heavy atom. The number of carbonyl (C=O) groups is 2. The van der Waals surface area contributed by atoms with Crippen LogP contribution in [0.5, 0.6) is 5.75 Å². The lowest BCUT2D eigenvalue weighted by molar-refractivity contribution is -0.133. The minimum Gasteiger partial charge on any atom is -0.492 e. The Morgan fingerprint density at radius 1 is 1.21 bits per heavy atom. The van der Waals surface area contributed by atoms with Crippen molar-refractivity contribution in [1.82, 2.24) is 9.80 Å². The minimum absolute atomic E-state index is 0.0741. The Hall–Kier alpha value is -1.47. The molecule has 0 N–H and O–H groups in total. The maximum Gasteiger partial charge on any atom is 0.409 e. The normalized spacial score (nSPS) is 14.5. The van der Waals surface area contributed by atoms with E-state index in [-0.39, 0.29) is 12.0 Å². The first-order valence-electron chi connectivity index (χ1n) is 7.70. The van der Waals surface area contributed by atoms with Gasteiger partial charge in [-0.3, -0.25) is 4.79 Å². The molecule has 1 heterocycles. The highest BCUT2D eigenvalue weighted by Gasteiger charge is 2.24. The maximum atomic E-state index is 12.2. The third-order valence-corrected chi connectivity index (χ3v) is 4.54. The lowest BCUT2D eigenvalue weighted by atomic mass is 10.2. The largest absolute Gasteiger partial charge is 0.492 e. The van der Waals surface area contributed by atoms with Crippen molar-refractivity contribution in [2.75, 3.05) is 39.9 Å². The van der Waals surface area contributed by atoms with Gasteiger partial charge in [0.25, 0.3) is 0 Å². The molecule has 1 aromatic carbocycles. The van der Waals surface area contributed by atoms with Crippen LogP contribution in [-0.2, 0) is 9.53 Å². The second-order valence-corrected chi connectivity index (χ2v) is 6.69. The van der Waals surface area contributed by atoms with Crippen molar-refractivity contribution >= 4 is 39.5 Å². The first kappa shape index (κ1) is 18.9. The summed E-state index contributed by atoms with van der Waals surface area (Å²) in [5, 5.41) is 0.537. The molecule has 0 bridgehead atoms. The number of carbonyl (C=O) groups excluding carboxylic acids is 2. The molecule has 0 unspecified atom stereocenters. The van der Waals surface area contributed by atoms with Gasteiger partial charge in [0.05, 0.1) is 18.7 Å².